The predicted molar refractivity (Wildman–Crippen MR) is 75.9 cm³/mol. The second-order valence-corrected chi connectivity index (χ2v) is 4.99. The minimum absolute atomic E-state index is 0.698. The Kier molecular flexibility index (Phi) is 7.62. The Bertz CT molecular complexity index is 309. The van der Waals surface area contributed by atoms with Gasteiger partial charge in [-0.15, -0.1) is 0 Å². The fraction of sp³-hybridized carbons (Fsp3) is 0.538. The molecule has 0 aliphatic heterocycles. The third kappa shape index (κ3) is 6.89. The zero-order chi connectivity index (χ0) is 12.5. The maximum absolute atomic E-state index is 5.93. The standard InChI is InChI=1S/C13H20Cl2N2/c1-16-5-3-2-4-6-17-10-11-7-12(14)9-13(15)8-11/h7-9,16-17H,2-6,10H2,1H3. The Hall–Kier alpha value is -0.280. The number of unbranched alkanes of at least 4 members (excludes halogenated alkanes) is 2. The Balaban J connectivity index is 2.13. The highest BCUT2D eigenvalue weighted by molar-refractivity contribution is 6.34. The van der Waals surface area contributed by atoms with Gasteiger partial charge in [-0.3, -0.25) is 0 Å². The molecule has 0 saturated carbocycles. The Morgan fingerprint density at radius 3 is 2.24 bits per heavy atom. The minimum Gasteiger partial charge on any atom is -0.320 e. The van der Waals surface area contributed by atoms with Crippen molar-refractivity contribution in [3.05, 3.63) is 33.8 Å². The molecule has 4 heteroatoms. The molecule has 0 aliphatic carbocycles. The van der Waals surface area contributed by atoms with Crippen LogP contribution in [0, 0.1) is 0 Å². The van der Waals surface area contributed by atoms with E-state index in [0.717, 1.165) is 25.2 Å². The van der Waals surface area contributed by atoms with Crippen LogP contribution in [0.5, 0.6) is 0 Å². The maximum Gasteiger partial charge on any atom is 0.0424 e. The fourth-order valence-corrected chi connectivity index (χ4v) is 2.25. The average Bonchev–Trinajstić information content (AvgIpc) is 2.26. The molecule has 0 radical (unpaired) electrons. The van der Waals surface area contributed by atoms with Gasteiger partial charge in [-0.2, -0.15) is 0 Å². The average molecular weight is 275 g/mol. The highest BCUT2D eigenvalue weighted by Crippen LogP contribution is 2.18. The molecule has 0 unspecified atom stereocenters. The van der Waals surface area contributed by atoms with Gasteiger partial charge >= 0.3 is 0 Å². The van der Waals surface area contributed by atoms with Gasteiger partial charge in [-0.05, 0) is 56.7 Å². The van der Waals surface area contributed by atoms with Gasteiger partial charge in [-0.25, -0.2) is 0 Å². The van der Waals surface area contributed by atoms with E-state index in [1.807, 2.05) is 19.2 Å². The summed E-state index contributed by atoms with van der Waals surface area (Å²) in [5.74, 6) is 0. The summed E-state index contributed by atoms with van der Waals surface area (Å²) in [5.41, 5.74) is 1.14. The molecule has 0 spiro atoms. The molecule has 1 aromatic carbocycles. The summed E-state index contributed by atoms with van der Waals surface area (Å²) in [4.78, 5) is 0. The molecule has 0 amide bonds. The van der Waals surface area contributed by atoms with Crippen molar-refractivity contribution in [3.63, 3.8) is 0 Å². The third-order valence-electron chi connectivity index (χ3n) is 2.53. The fourth-order valence-electron chi connectivity index (χ4n) is 1.67. The molecule has 96 valence electrons. The lowest BCUT2D eigenvalue weighted by atomic mass is 10.2. The third-order valence-corrected chi connectivity index (χ3v) is 2.97. The predicted octanol–water partition coefficient (Wildman–Crippen LogP) is 3.47. The molecular formula is C13H20Cl2N2. The Morgan fingerprint density at radius 1 is 0.941 bits per heavy atom. The van der Waals surface area contributed by atoms with E-state index in [2.05, 4.69) is 10.6 Å². The first-order valence-electron chi connectivity index (χ1n) is 6.02. The van der Waals surface area contributed by atoms with Crippen molar-refractivity contribution < 1.29 is 0 Å². The molecule has 0 saturated heterocycles. The molecule has 17 heavy (non-hydrogen) atoms. The van der Waals surface area contributed by atoms with Crippen molar-refractivity contribution in [3.8, 4) is 0 Å². The smallest absolute Gasteiger partial charge is 0.0424 e. The van der Waals surface area contributed by atoms with Crippen LogP contribution in [0.3, 0.4) is 0 Å². The summed E-state index contributed by atoms with van der Waals surface area (Å²) < 4.78 is 0. The minimum atomic E-state index is 0.698. The molecule has 1 aromatic rings. The van der Waals surface area contributed by atoms with Crippen molar-refractivity contribution >= 4 is 23.2 Å². The zero-order valence-corrected chi connectivity index (χ0v) is 11.7. The number of nitrogens with one attached hydrogen (secondary N) is 2. The van der Waals surface area contributed by atoms with E-state index in [9.17, 15) is 0 Å². The lowest BCUT2D eigenvalue weighted by Crippen LogP contribution is -2.15. The van der Waals surface area contributed by atoms with Crippen molar-refractivity contribution in [1.82, 2.24) is 10.6 Å². The molecular weight excluding hydrogens is 255 g/mol. The van der Waals surface area contributed by atoms with E-state index in [1.54, 1.807) is 6.07 Å². The van der Waals surface area contributed by atoms with Crippen LogP contribution in [0.4, 0.5) is 0 Å². The molecule has 0 aromatic heterocycles. The van der Waals surface area contributed by atoms with Gasteiger partial charge in [0.15, 0.2) is 0 Å². The normalized spacial score (nSPS) is 10.8. The monoisotopic (exact) mass is 274 g/mol. The van der Waals surface area contributed by atoms with Crippen LogP contribution in [0.1, 0.15) is 24.8 Å². The SMILES string of the molecule is CNCCCCCNCc1cc(Cl)cc(Cl)c1. The first-order valence-corrected chi connectivity index (χ1v) is 6.78. The van der Waals surface area contributed by atoms with E-state index in [4.69, 9.17) is 23.2 Å². The van der Waals surface area contributed by atoms with Gasteiger partial charge in [-0.1, -0.05) is 29.6 Å². The van der Waals surface area contributed by atoms with Gasteiger partial charge in [0.25, 0.3) is 0 Å². The Morgan fingerprint density at radius 2 is 1.59 bits per heavy atom. The highest BCUT2D eigenvalue weighted by atomic mass is 35.5. The van der Waals surface area contributed by atoms with Gasteiger partial charge in [0.05, 0.1) is 0 Å². The second-order valence-electron chi connectivity index (χ2n) is 4.12. The summed E-state index contributed by atoms with van der Waals surface area (Å²) in [5, 5.41) is 7.94. The summed E-state index contributed by atoms with van der Waals surface area (Å²) in [6, 6.07) is 5.65. The second kappa shape index (κ2) is 8.76. The summed E-state index contributed by atoms with van der Waals surface area (Å²) >= 11 is 11.9. The largest absolute Gasteiger partial charge is 0.320 e. The van der Waals surface area contributed by atoms with Crippen molar-refractivity contribution in [2.75, 3.05) is 20.1 Å². The summed E-state index contributed by atoms with van der Waals surface area (Å²) in [7, 11) is 1.99. The first kappa shape index (κ1) is 14.8. The quantitative estimate of drug-likeness (QED) is 0.710. The van der Waals surface area contributed by atoms with Crippen LogP contribution in [0.2, 0.25) is 10.0 Å². The number of halogens is 2. The van der Waals surface area contributed by atoms with E-state index in [0.29, 0.717) is 10.0 Å². The number of benzene rings is 1. The first-order chi connectivity index (χ1) is 8.22. The molecule has 1 rings (SSSR count). The van der Waals surface area contributed by atoms with E-state index < -0.39 is 0 Å². The van der Waals surface area contributed by atoms with Crippen LogP contribution in [0.25, 0.3) is 0 Å². The summed E-state index contributed by atoms with van der Waals surface area (Å²) in [6.45, 7) is 2.96. The number of rotatable bonds is 8. The van der Waals surface area contributed by atoms with E-state index >= 15 is 0 Å². The highest BCUT2D eigenvalue weighted by Gasteiger charge is 1.97. The van der Waals surface area contributed by atoms with E-state index in [-0.39, 0.29) is 0 Å². The number of hydrogen-bond acceptors (Lipinski definition) is 2. The van der Waals surface area contributed by atoms with Crippen LogP contribution >= 0.6 is 23.2 Å². The van der Waals surface area contributed by atoms with Crippen molar-refractivity contribution in [1.29, 1.82) is 0 Å². The maximum atomic E-state index is 5.93. The van der Waals surface area contributed by atoms with Crippen LogP contribution < -0.4 is 10.6 Å². The summed E-state index contributed by atoms with van der Waals surface area (Å²) in [6.07, 6.45) is 3.70. The van der Waals surface area contributed by atoms with Gasteiger partial charge < -0.3 is 10.6 Å². The number of hydrogen-bond donors (Lipinski definition) is 2. The lowest BCUT2D eigenvalue weighted by molar-refractivity contribution is 0.590. The van der Waals surface area contributed by atoms with Crippen LogP contribution in [-0.2, 0) is 6.54 Å². The molecule has 2 N–H and O–H groups in total. The van der Waals surface area contributed by atoms with Crippen molar-refractivity contribution in [2.45, 2.75) is 25.8 Å². The molecule has 2 nitrogen and oxygen atoms in total. The van der Waals surface area contributed by atoms with E-state index in [1.165, 1.54) is 19.3 Å². The molecule has 0 atom stereocenters. The van der Waals surface area contributed by atoms with Crippen molar-refractivity contribution in [2.24, 2.45) is 0 Å². The Labute approximate surface area is 114 Å². The zero-order valence-electron chi connectivity index (χ0n) is 10.2. The van der Waals surface area contributed by atoms with Crippen LogP contribution in [-0.4, -0.2) is 20.1 Å². The van der Waals surface area contributed by atoms with Gasteiger partial charge in [0.2, 0.25) is 0 Å². The molecule has 0 heterocycles. The molecule has 0 aliphatic rings. The molecule has 0 fully saturated rings. The van der Waals surface area contributed by atoms with Crippen LogP contribution in [0.15, 0.2) is 18.2 Å². The molecule has 0 bridgehead atoms. The lowest BCUT2D eigenvalue weighted by Gasteiger charge is -2.06. The topological polar surface area (TPSA) is 24.1 Å². The van der Waals surface area contributed by atoms with Gasteiger partial charge in [0.1, 0.15) is 0 Å². The van der Waals surface area contributed by atoms with Gasteiger partial charge in [0, 0.05) is 16.6 Å².